The maximum absolute atomic E-state index is 10.2. The molecule has 2 unspecified atom stereocenters. The molecule has 1 aliphatic rings. The standard InChI is InChI=1S/C13H27NO/c1-3-11-14(4-2)12-9-7-5-6-8-10-13(12)15/h12-13,15H,3-11H2,1-2H3. The van der Waals surface area contributed by atoms with Crippen molar-refractivity contribution in [2.75, 3.05) is 13.1 Å². The Morgan fingerprint density at radius 3 is 2.33 bits per heavy atom. The Bertz CT molecular complexity index is 161. The first-order chi connectivity index (χ1) is 7.29. The molecule has 90 valence electrons. The van der Waals surface area contributed by atoms with Gasteiger partial charge in [-0.3, -0.25) is 4.90 Å². The summed E-state index contributed by atoms with van der Waals surface area (Å²) >= 11 is 0. The predicted molar refractivity (Wildman–Crippen MR) is 65.0 cm³/mol. The highest BCUT2D eigenvalue weighted by molar-refractivity contribution is 4.80. The minimum atomic E-state index is -0.0863. The van der Waals surface area contributed by atoms with E-state index < -0.39 is 0 Å². The highest BCUT2D eigenvalue weighted by Crippen LogP contribution is 2.22. The lowest BCUT2D eigenvalue weighted by Crippen LogP contribution is -2.44. The van der Waals surface area contributed by atoms with E-state index in [1.165, 1.54) is 38.5 Å². The van der Waals surface area contributed by atoms with Crippen LogP contribution >= 0.6 is 0 Å². The van der Waals surface area contributed by atoms with Crippen LogP contribution in [0.4, 0.5) is 0 Å². The summed E-state index contributed by atoms with van der Waals surface area (Å²) in [5.41, 5.74) is 0. The number of nitrogens with zero attached hydrogens (tertiary/aromatic N) is 1. The summed E-state index contributed by atoms with van der Waals surface area (Å²) < 4.78 is 0. The predicted octanol–water partition coefficient (Wildman–Crippen LogP) is 2.80. The summed E-state index contributed by atoms with van der Waals surface area (Å²) in [5, 5.41) is 10.2. The van der Waals surface area contributed by atoms with Gasteiger partial charge in [0.15, 0.2) is 0 Å². The minimum Gasteiger partial charge on any atom is -0.391 e. The fourth-order valence-corrected chi connectivity index (χ4v) is 2.72. The molecule has 0 radical (unpaired) electrons. The van der Waals surface area contributed by atoms with Crippen LogP contribution in [0.2, 0.25) is 0 Å². The molecule has 2 nitrogen and oxygen atoms in total. The van der Waals surface area contributed by atoms with Crippen LogP contribution in [-0.4, -0.2) is 35.2 Å². The van der Waals surface area contributed by atoms with Crippen LogP contribution in [0.1, 0.15) is 58.8 Å². The van der Waals surface area contributed by atoms with Gasteiger partial charge in [-0.05, 0) is 32.4 Å². The van der Waals surface area contributed by atoms with Crippen molar-refractivity contribution in [1.29, 1.82) is 0 Å². The van der Waals surface area contributed by atoms with Crippen molar-refractivity contribution in [3.8, 4) is 0 Å². The molecule has 2 heteroatoms. The summed E-state index contributed by atoms with van der Waals surface area (Å²) in [4.78, 5) is 2.47. The summed E-state index contributed by atoms with van der Waals surface area (Å²) in [7, 11) is 0. The van der Waals surface area contributed by atoms with Crippen LogP contribution in [0.5, 0.6) is 0 Å². The molecule has 1 N–H and O–H groups in total. The second-order valence-electron chi connectivity index (χ2n) is 4.75. The molecule has 0 aromatic rings. The fourth-order valence-electron chi connectivity index (χ4n) is 2.72. The Morgan fingerprint density at radius 2 is 1.73 bits per heavy atom. The summed E-state index contributed by atoms with van der Waals surface area (Å²) in [5.74, 6) is 0. The second kappa shape index (κ2) is 7.24. The highest BCUT2D eigenvalue weighted by Gasteiger charge is 2.24. The van der Waals surface area contributed by atoms with E-state index in [0.29, 0.717) is 6.04 Å². The van der Waals surface area contributed by atoms with E-state index in [4.69, 9.17) is 0 Å². The van der Waals surface area contributed by atoms with E-state index >= 15 is 0 Å². The third-order valence-corrected chi connectivity index (χ3v) is 3.58. The molecule has 0 aliphatic heterocycles. The summed E-state index contributed by atoms with van der Waals surface area (Å²) in [6.45, 7) is 6.65. The molecule has 0 bridgehead atoms. The molecule has 15 heavy (non-hydrogen) atoms. The molecule has 1 aliphatic carbocycles. The molecule has 0 aromatic heterocycles. The first kappa shape index (κ1) is 13.0. The fraction of sp³-hybridized carbons (Fsp3) is 1.00. The van der Waals surface area contributed by atoms with Gasteiger partial charge in [0.25, 0.3) is 0 Å². The van der Waals surface area contributed by atoms with Gasteiger partial charge in [-0.1, -0.05) is 39.5 Å². The van der Waals surface area contributed by atoms with E-state index in [1.807, 2.05) is 0 Å². The van der Waals surface area contributed by atoms with Crippen molar-refractivity contribution in [3.05, 3.63) is 0 Å². The summed E-state index contributed by atoms with van der Waals surface area (Å²) in [6, 6.07) is 0.426. The van der Waals surface area contributed by atoms with Gasteiger partial charge in [0.2, 0.25) is 0 Å². The maximum atomic E-state index is 10.2. The first-order valence-electron chi connectivity index (χ1n) is 6.71. The normalized spacial score (nSPS) is 28.8. The number of rotatable bonds is 4. The number of aliphatic hydroxyl groups excluding tert-OH is 1. The number of aliphatic hydroxyl groups is 1. The molecule has 0 saturated heterocycles. The Labute approximate surface area is 94.7 Å². The molecular weight excluding hydrogens is 186 g/mol. The Kier molecular flexibility index (Phi) is 6.26. The number of hydrogen-bond acceptors (Lipinski definition) is 2. The van der Waals surface area contributed by atoms with Crippen molar-refractivity contribution in [2.45, 2.75) is 70.9 Å². The average Bonchev–Trinajstić information content (AvgIpc) is 2.22. The van der Waals surface area contributed by atoms with Crippen LogP contribution in [0.25, 0.3) is 0 Å². The van der Waals surface area contributed by atoms with Crippen LogP contribution in [-0.2, 0) is 0 Å². The van der Waals surface area contributed by atoms with E-state index in [2.05, 4.69) is 18.7 Å². The Morgan fingerprint density at radius 1 is 1.07 bits per heavy atom. The quantitative estimate of drug-likeness (QED) is 0.776. The zero-order valence-corrected chi connectivity index (χ0v) is 10.4. The molecule has 0 amide bonds. The largest absolute Gasteiger partial charge is 0.391 e. The minimum absolute atomic E-state index is 0.0863. The van der Waals surface area contributed by atoms with Crippen molar-refractivity contribution in [2.24, 2.45) is 0 Å². The molecular formula is C13H27NO. The molecule has 0 heterocycles. The Hall–Kier alpha value is -0.0800. The molecule has 0 spiro atoms. The monoisotopic (exact) mass is 213 g/mol. The average molecular weight is 213 g/mol. The second-order valence-corrected chi connectivity index (χ2v) is 4.75. The first-order valence-corrected chi connectivity index (χ1v) is 6.71. The van der Waals surface area contributed by atoms with Crippen molar-refractivity contribution in [1.82, 2.24) is 4.90 Å². The lowest BCUT2D eigenvalue weighted by Gasteiger charge is -2.35. The van der Waals surface area contributed by atoms with Gasteiger partial charge in [-0.25, -0.2) is 0 Å². The highest BCUT2D eigenvalue weighted by atomic mass is 16.3. The van der Waals surface area contributed by atoms with Crippen LogP contribution in [0.15, 0.2) is 0 Å². The third-order valence-electron chi connectivity index (χ3n) is 3.58. The number of hydrogen-bond donors (Lipinski definition) is 1. The smallest absolute Gasteiger partial charge is 0.0695 e. The van der Waals surface area contributed by atoms with E-state index in [0.717, 1.165) is 19.5 Å². The van der Waals surface area contributed by atoms with Crippen LogP contribution < -0.4 is 0 Å². The molecule has 0 aromatic carbocycles. The Balaban J connectivity index is 2.51. The van der Waals surface area contributed by atoms with Gasteiger partial charge in [-0.15, -0.1) is 0 Å². The van der Waals surface area contributed by atoms with E-state index in [1.54, 1.807) is 0 Å². The van der Waals surface area contributed by atoms with Gasteiger partial charge in [-0.2, -0.15) is 0 Å². The SMILES string of the molecule is CCCN(CC)C1CCCCCCC1O. The van der Waals surface area contributed by atoms with Crippen LogP contribution in [0.3, 0.4) is 0 Å². The van der Waals surface area contributed by atoms with Crippen molar-refractivity contribution < 1.29 is 5.11 Å². The number of likely N-dealkylation sites (N-methyl/N-ethyl adjacent to an activating group) is 1. The lowest BCUT2D eigenvalue weighted by atomic mass is 9.93. The van der Waals surface area contributed by atoms with Crippen LogP contribution in [0, 0.1) is 0 Å². The molecule has 2 atom stereocenters. The summed E-state index contributed by atoms with van der Waals surface area (Å²) in [6.07, 6.45) is 8.47. The van der Waals surface area contributed by atoms with Gasteiger partial charge >= 0.3 is 0 Å². The molecule has 1 saturated carbocycles. The van der Waals surface area contributed by atoms with Gasteiger partial charge in [0, 0.05) is 6.04 Å². The van der Waals surface area contributed by atoms with E-state index in [9.17, 15) is 5.11 Å². The van der Waals surface area contributed by atoms with Gasteiger partial charge < -0.3 is 5.11 Å². The van der Waals surface area contributed by atoms with Gasteiger partial charge in [0.05, 0.1) is 6.10 Å². The molecule has 1 fully saturated rings. The molecule has 1 rings (SSSR count). The maximum Gasteiger partial charge on any atom is 0.0695 e. The lowest BCUT2D eigenvalue weighted by molar-refractivity contribution is 0.0337. The zero-order chi connectivity index (χ0) is 11.1. The topological polar surface area (TPSA) is 23.5 Å². The van der Waals surface area contributed by atoms with Crippen molar-refractivity contribution >= 4 is 0 Å². The third kappa shape index (κ3) is 4.12. The zero-order valence-electron chi connectivity index (χ0n) is 10.4. The van der Waals surface area contributed by atoms with E-state index in [-0.39, 0.29) is 6.10 Å². The van der Waals surface area contributed by atoms with Gasteiger partial charge in [0.1, 0.15) is 0 Å². The van der Waals surface area contributed by atoms with Crippen molar-refractivity contribution in [3.63, 3.8) is 0 Å².